The largest absolute Gasteiger partial charge is 0.399 e. The Morgan fingerprint density at radius 1 is 1.39 bits per heavy atom. The molecule has 2 aromatic rings. The lowest BCUT2D eigenvalue weighted by Crippen LogP contribution is -2.23. The molecule has 0 aliphatic heterocycles. The molecule has 1 aromatic heterocycles. The molecule has 0 saturated carbocycles. The van der Waals surface area contributed by atoms with E-state index in [4.69, 9.17) is 5.73 Å². The lowest BCUT2D eigenvalue weighted by molar-refractivity contribution is -0.125. The third-order valence-corrected chi connectivity index (χ3v) is 3.45. The van der Waals surface area contributed by atoms with E-state index >= 15 is 0 Å². The van der Waals surface area contributed by atoms with Crippen molar-refractivity contribution in [3.63, 3.8) is 0 Å². The first kappa shape index (κ1) is 12.6. The van der Waals surface area contributed by atoms with E-state index in [2.05, 4.69) is 9.97 Å². The summed E-state index contributed by atoms with van der Waals surface area (Å²) in [5, 5.41) is 1.72. The van der Waals surface area contributed by atoms with Crippen LogP contribution in [-0.4, -0.2) is 40.6 Å². The van der Waals surface area contributed by atoms with Crippen molar-refractivity contribution in [3.8, 4) is 0 Å². The molecule has 94 valence electrons. The number of aromatic nitrogens is 2. The number of amides is 1. The Morgan fingerprint density at radius 2 is 2.17 bits per heavy atom. The fraction of sp³-hybridized carbons (Fsp3) is 0.250. The molecule has 0 aliphatic carbocycles. The van der Waals surface area contributed by atoms with E-state index in [1.165, 1.54) is 18.1 Å². The van der Waals surface area contributed by atoms with E-state index in [1.807, 2.05) is 12.1 Å². The Morgan fingerprint density at radius 3 is 2.89 bits per heavy atom. The summed E-state index contributed by atoms with van der Waals surface area (Å²) >= 11 is 1.41. The fourth-order valence-corrected chi connectivity index (χ4v) is 2.39. The summed E-state index contributed by atoms with van der Waals surface area (Å²) in [7, 11) is 3.48. The Labute approximate surface area is 109 Å². The number of nitrogens with two attached hydrogens (primary N) is 1. The Balaban J connectivity index is 2.26. The highest BCUT2D eigenvalue weighted by molar-refractivity contribution is 8.00. The van der Waals surface area contributed by atoms with Gasteiger partial charge in [-0.3, -0.25) is 4.79 Å². The van der Waals surface area contributed by atoms with Crippen molar-refractivity contribution >= 4 is 34.3 Å². The molecule has 5 nitrogen and oxygen atoms in total. The molecule has 2 N–H and O–H groups in total. The number of carbonyl (C=O) groups is 1. The van der Waals surface area contributed by atoms with Gasteiger partial charge in [0.1, 0.15) is 11.4 Å². The maximum absolute atomic E-state index is 11.5. The molecule has 0 spiro atoms. The molecule has 0 atom stereocenters. The summed E-state index contributed by atoms with van der Waals surface area (Å²) in [6.45, 7) is 0. The molecular weight excluding hydrogens is 248 g/mol. The molecule has 0 unspecified atom stereocenters. The van der Waals surface area contributed by atoms with Crippen LogP contribution in [0.2, 0.25) is 0 Å². The second-order valence-electron chi connectivity index (χ2n) is 4.03. The van der Waals surface area contributed by atoms with Crippen LogP contribution >= 0.6 is 11.8 Å². The van der Waals surface area contributed by atoms with Crippen LogP contribution in [0.1, 0.15) is 0 Å². The van der Waals surface area contributed by atoms with Gasteiger partial charge in [-0.2, -0.15) is 0 Å². The predicted molar refractivity (Wildman–Crippen MR) is 73.4 cm³/mol. The molecule has 6 heteroatoms. The summed E-state index contributed by atoms with van der Waals surface area (Å²) in [5.74, 6) is 0.422. The van der Waals surface area contributed by atoms with Gasteiger partial charge in [0.05, 0.1) is 11.3 Å². The number of anilines is 1. The summed E-state index contributed by atoms with van der Waals surface area (Å²) < 4.78 is 0. The number of nitrogen functional groups attached to an aromatic ring is 1. The molecule has 0 aliphatic rings. The van der Waals surface area contributed by atoms with Crippen molar-refractivity contribution in [1.82, 2.24) is 14.9 Å². The van der Waals surface area contributed by atoms with Gasteiger partial charge in [0.25, 0.3) is 0 Å². The molecule has 18 heavy (non-hydrogen) atoms. The van der Waals surface area contributed by atoms with E-state index in [1.54, 1.807) is 25.1 Å². The van der Waals surface area contributed by atoms with Crippen LogP contribution < -0.4 is 5.73 Å². The minimum Gasteiger partial charge on any atom is -0.399 e. The average molecular weight is 262 g/mol. The quantitative estimate of drug-likeness (QED) is 0.514. The summed E-state index contributed by atoms with van der Waals surface area (Å²) in [6.07, 6.45) is 1.49. The van der Waals surface area contributed by atoms with E-state index in [0.29, 0.717) is 11.4 Å². The first-order valence-electron chi connectivity index (χ1n) is 5.41. The van der Waals surface area contributed by atoms with Gasteiger partial charge >= 0.3 is 0 Å². The molecule has 0 bridgehead atoms. The normalized spacial score (nSPS) is 10.6. The third kappa shape index (κ3) is 2.70. The van der Waals surface area contributed by atoms with Crippen LogP contribution in [0.5, 0.6) is 0 Å². The fourth-order valence-electron chi connectivity index (χ4n) is 1.42. The summed E-state index contributed by atoms with van der Waals surface area (Å²) in [5.41, 5.74) is 7.17. The zero-order valence-electron chi connectivity index (χ0n) is 10.3. The van der Waals surface area contributed by atoms with E-state index in [0.717, 1.165) is 15.9 Å². The second kappa shape index (κ2) is 5.22. The standard InChI is InChI=1S/C12H14N4OS/c1-16(2)11(17)6-18-12-9-4-3-8(13)5-10(9)14-7-15-12/h3-5,7H,6,13H2,1-2H3. The molecule has 1 heterocycles. The van der Waals surface area contributed by atoms with E-state index in [9.17, 15) is 4.79 Å². The van der Waals surface area contributed by atoms with Gasteiger partial charge in [0.15, 0.2) is 0 Å². The lowest BCUT2D eigenvalue weighted by Gasteiger charge is -2.10. The SMILES string of the molecule is CN(C)C(=O)CSc1ncnc2cc(N)ccc12. The number of rotatable bonds is 3. The van der Waals surface area contributed by atoms with Crippen LogP contribution in [0, 0.1) is 0 Å². The molecule has 1 amide bonds. The smallest absolute Gasteiger partial charge is 0.232 e. The average Bonchev–Trinajstić information content (AvgIpc) is 2.35. The van der Waals surface area contributed by atoms with Crippen molar-refractivity contribution in [2.24, 2.45) is 0 Å². The monoisotopic (exact) mass is 262 g/mol. The predicted octanol–water partition coefficient (Wildman–Crippen LogP) is 1.39. The number of hydrogen-bond acceptors (Lipinski definition) is 5. The van der Waals surface area contributed by atoms with Crippen molar-refractivity contribution < 1.29 is 4.79 Å². The lowest BCUT2D eigenvalue weighted by atomic mass is 10.2. The maximum atomic E-state index is 11.5. The molecule has 1 aromatic carbocycles. The minimum atomic E-state index is 0.0576. The van der Waals surface area contributed by atoms with Crippen molar-refractivity contribution in [3.05, 3.63) is 24.5 Å². The van der Waals surface area contributed by atoms with E-state index in [-0.39, 0.29) is 5.91 Å². The first-order valence-corrected chi connectivity index (χ1v) is 6.39. The van der Waals surface area contributed by atoms with Crippen molar-refractivity contribution in [2.45, 2.75) is 5.03 Å². The first-order chi connectivity index (χ1) is 8.58. The molecule has 0 saturated heterocycles. The maximum Gasteiger partial charge on any atom is 0.232 e. The van der Waals surface area contributed by atoms with Gasteiger partial charge in [-0.25, -0.2) is 9.97 Å². The molecule has 2 rings (SSSR count). The number of carbonyl (C=O) groups excluding carboxylic acids is 1. The van der Waals surface area contributed by atoms with Gasteiger partial charge in [-0.15, -0.1) is 0 Å². The Bertz CT molecular complexity index is 585. The van der Waals surface area contributed by atoms with Crippen LogP contribution in [0.4, 0.5) is 5.69 Å². The van der Waals surface area contributed by atoms with Crippen LogP contribution in [0.3, 0.4) is 0 Å². The molecular formula is C12H14N4OS. The second-order valence-corrected chi connectivity index (χ2v) is 5.00. The van der Waals surface area contributed by atoms with E-state index < -0.39 is 0 Å². The number of hydrogen-bond donors (Lipinski definition) is 1. The highest BCUT2D eigenvalue weighted by Gasteiger charge is 2.09. The van der Waals surface area contributed by atoms with Gasteiger partial charge in [-0.05, 0) is 18.2 Å². The summed E-state index contributed by atoms with van der Waals surface area (Å²) in [4.78, 5) is 21.5. The van der Waals surface area contributed by atoms with Crippen LogP contribution in [-0.2, 0) is 4.79 Å². The Kier molecular flexibility index (Phi) is 3.66. The van der Waals surface area contributed by atoms with Gasteiger partial charge < -0.3 is 10.6 Å². The number of fused-ring (bicyclic) bond motifs is 1. The zero-order chi connectivity index (χ0) is 13.1. The minimum absolute atomic E-state index is 0.0576. The molecule has 0 radical (unpaired) electrons. The zero-order valence-corrected chi connectivity index (χ0v) is 11.1. The van der Waals surface area contributed by atoms with Crippen LogP contribution in [0.25, 0.3) is 10.9 Å². The molecule has 0 fully saturated rings. The topological polar surface area (TPSA) is 72.1 Å². The van der Waals surface area contributed by atoms with Gasteiger partial charge in [0.2, 0.25) is 5.91 Å². The highest BCUT2D eigenvalue weighted by atomic mass is 32.2. The van der Waals surface area contributed by atoms with Crippen molar-refractivity contribution in [2.75, 3.05) is 25.6 Å². The number of benzene rings is 1. The van der Waals surface area contributed by atoms with Crippen LogP contribution in [0.15, 0.2) is 29.6 Å². The Hall–Kier alpha value is -1.82. The van der Waals surface area contributed by atoms with Crippen molar-refractivity contribution in [1.29, 1.82) is 0 Å². The van der Waals surface area contributed by atoms with Gasteiger partial charge in [0, 0.05) is 25.2 Å². The number of thioether (sulfide) groups is 1. The number of nitrogens with zero attached hydrogens (tertiary/aromatic N) is 3. The highest BCUT2D eigenvalue weighted by Crippen LogP contribution is 2.25. The summed E-state index contributed by atoms with van der Waals surface area (Å²) in [6, 6.07) is 5.49. The third-order valence-electron chi connectivity index (χ3n) is 2.46. The van der Waals surface area contributed by atoms with Gasteiger partial charge in [-0.1, -0.05) is 11.8 Å².